The molecular formula is C21H21N3O7S. The quantitative estimate of drug-likeness (QED) is 0.400. The Hall–Kier alpha value is -3.86. The van der Waals surface area contributed by atoms with Gasteiger partial charge in [-0.25, -0.2) is 4.98 Å². The molecule has 0 aliphatic heterocycles. The predicted octanol–water partition coefficient (Wildman–Crippen LogP) is 2.10. The lowest BCUT2D eigenvalue weighted by molar-refractivity contribution is -0.124. The first-order valence-electron chi connectivity index (χ1n) is 9.45. The Balaban J connectivity index is 1.84. The zero-order valence-corrected chi connectivity index (χ0v) is 18.1. The highest BCUT2D eigenvalue weighted by Crippen LogP contribution is 2.37. The van der Waals surface area contributed by atoms with Crippen molar-refractivity contribution in [2.45, 2.75) is 19.3 Å². The number of thiazole rings is 1. The molecule has 168 valence electrons. The predicted molar refractivity (Wildman–Crippen MR) is 116 cm³/mol. The van der Waals surface area contributed by atoms with Crippen molar-refractivity contribution >= 4 is 28.3 Å². The number of anilines is 1. The van der Waals surface area contributed by atoms with E-state index in [-0.39, 0.29) is 36.0 Å². The molecule has 3 aromatic rings. The van der Waals surface area contributed by atoms with Crippen molar-refractivity contribution in [3.63, 3.8) is 0 Å². The van der Waals surface area contributed by atoms with E-state index >= 15 is 0 Å². The van der Waals surface area contributed by atoms with Crippen LogP contribution in [0.4, 0.5) is 5.13 Å². The van der Waals surface area contributed by atoms with E-state index < -0.39 is 28.9 Å². The molecule has 3 rings (SSSR count). The summed E-state index contributed by atoms with van der Waals surface area (Å²) in [7, 11) is 1.37. The van der Waals surface area contributed by atoms with Crippen molar-refractivity contribution in [2.24, 2.45) is 0 Å². The van der Waals surface area contributed by atoms with Gasteiger partial charge in [-0.15, -0.1) is 11.3 Å². The summed E-state index contributed by atoms with van der Waals surface area (Å²) in [4.78, 5) is 40.7. The van der Waals surface area contributed by atoms with Crippen LogP contribution in [0.25, 0.3) is 0 Å². The summed E-state index contributed by atoms with van der Waals surface area (Å²) in [6, 6.07) is 5.50. The van der Waals surface area contributed by atoms with Crippen molar-refractivity contribution in [1.82, 2.24) is 10.3 Å². The largest absolute Gasteiger partial charge is 0.504 e. The molecule has 2 amide bonds. The van der Waals surface area contributed by atoms with Crippen LogP contribution in [0.1, 0.15) is 29.4 Å². The highest BCUT2D eigenvalue weighted by Gasteiger charge is 2.27. The van der Waals surface area contributed by atoms with Crippen molar-refractivity contribution < 1.29 is 29.0 Å². The minimum Gasteiger partial charge on any atom is -0.504 e. The third-order valence-electron chi connectivity index (χ3n) is 4.51. The van der Waals surface area contributed by atoms with E-state index in [1.165, 1.54) is 42.8 Å². The zero-order chi connectivity index (χ0) is 23.3. The number of carbonyl (C=O) groups is 2. The summed E-state index contributed by atoms with van der Waals surface area (Å²) in [5.41, 5.74) is -0.200. The third kappa shape index (κ3) is 5.43. The number of aromatic hydroxyl groups is 2. The standard InChI is InChI=1S/C21H21N3O7S/c1-11-7-15(26)19(29)20(31-11)13(12-3-4-14(25)16(8-12)30-2)9-17(27)23-10-18(28)24-21-22-5-6-32-21/h3-8,13,25,29H,9-10H2,1-2H3,(H,23,27)(H,22,24,28)/t13-/m0/s1. The summed E-state index contributed by atoms with van der Waals surface area (Å²) in [6.07, 6.45) is 1.29. The average Bonchev–Trinajstić information content (AvgIpc) is 3.26. The first-order chi connectivity index (χ1) is 15.3. The number of amides is 2. The number of ether oxygens (including phenoxy) is 1. The van der Waals surface area contributed by atoms with Crippen LogP contribution in [0.5, 0.6) is 17.2 Å². The summed E-state index contributed by atoms with van der Waals surface area (Å²) < 4.78 is 10.7. The minimum atomic E-state index is -0.890. The Morgan fingerprint density at radius 2 is 2.03 bits per heavy atom. The van der Waals surface area contributed by atoms with E-state index in [9.17, 15) is 24.6 Å². The van der Waals surface area contributed by atoms with Gasteiger partial charge in [0.25, 0.3) is 0 Å². The Morgan fingerprint density at radius 1 is 1.25 bits per heavy atom. The van der Waals surface area contributed by atoms with Crippen LogP contribution in [0.15, 0.2) is 45.1 Å². The number of phenolic OH excluding ortho intramolecular Hbond substituents is 1. The van der Waals surface area contributed by atoms with Gasteiger partial charge in [-0.2, -0.15) is 0 Å². The minimum absolute atomic E-state index is 0.106. The number of rotatable bonds is 8. The first kappa shape index (κ1) is 22.8. The fourth-order valence-corrected chi connectivity index (χ4v) is 3.56. The summed E-state index contributed by atoms with van der Waals surface area (Å²) in [5, 5.41) is 27.4. The van der Waals surface area contributed by atoms with Gasteiger partial charge in [-0.05, 0) is 24.6 Å². The highest BCUT2D eigenvalue weighted by molar-refractivity contribution is 7.13. The van der Waals surface area contributed by atoms with Crippen LogP contribution < -0.4 is 20.8 Å². The van der Waals surface area contributed by atoms with Gasteiger partial charge in [0.05, 0.1) is 19.6 Å². The molecule has 0 radical (unpaired) electrons. The molecule has 0 aliphatic rings. The van der Waals surface area contributed by atoms with E-state index in [4.69, 9.17) is 9.15 Å². The third-order valence-corrected chi connectivity index (χ3v) is 5.20. The number of nitrogens with one attached hydrogen (secondary N) is 2. The lowest BCUT2D eigenvalue weighted by Gasteiger charge is -2.19. The summed E-state index contributed by atoms with van der Waals surface area (Å²) in [5.74, 6) is -2.33. The van der Waals surface area contributed by atoms with Crippen LogP contribution in [0.3, 0.4) is 0 Å². The fourth-order valence-electron chi connectivity index (χ4n) is 3.02. The van der Waals surface area contributed by atoms with Gasteiger partial charge in [-0.1, -0.05) is 6.07 Å². The molecule has 0 fully saturated rings. The van der Waals surface area contributed by atoms with Gasteiger partial charge >= 0.3 is 0 Å². The second kappa shape index (κ2) is 9.96. The maximum Gasteiger partial charge on any atom is 0.245 e. The fraction of sp³-hybridized carbons (Fsp3) is 0.238. The molecule has 0 spiro atoms. The molecule has 10 nitrogen and oxygen atoms in total. The second-order valence-electron chi connectivity index (χ2n) is 6.78. The number of hydrogen-bond acceptors (Lipinski definition) is 9. The van der Waals surface area contributed by atoms with E-state index in [0.29, 0.717) is 10.7 Å². The molecule has 2 heterocycles. The van der Waals surface area contributed by atoms with Crippen LogP contribution in [-0.2, 0) is 9.59 Å². The van der Waals surface area contributed by atoms with E-state index in [1.54, 1.807) is 12.3 Å². The van der Waals surface area contributed by atoms with Gasteiger partial charge < -0.3 is 30.0 Å². The second-order valence-corrected chi connectivity index (χ2v) is 7.68. The van der Waals surface area contributed by atoms with Crippen molar-refractivity contribution in [3.05, 3.63) is 63.1 Å². The number of nitrogens with zero attached hydrogens (tertiary/aromatic N) is 1. The van der Waals surface area contributed by atoms with Crippen molar-refractivity contribution in [1.29, 1.82) is 0 Å². The van der Waals surface area contributed by atoms with E-state index in [1.807, 2.05) is 0 Å². The summed E-state index contributed by atoms with van der Waals surface area (Å²) in [6.45, 7) is 1.25. The Morgan fingerprint density at radius 3 is 2.72 bits per heavy atom. The highest BCUT2D eigenvalue weighted by atomic mass is 32.1. The van der Waals surface area contributed by atoms with Crippen molar-refractivity contribution in [3.8, 4) is 17.2 Å². The molecule has 0 aliphatic carbocycles. The molecule has 0 unspecified atom stereocenters. The van der Waals surface area contributed by atoms with E-state index in [2.05, 4.69) is 15.6 Å². The molecule has 11 heteroatoms. The molecule has 0 bridgehead atoms. The molecule has 0 saturated carbocycles. The van der Waals surface area contributed by atoms with Gasteiger partial charge in [0.15, 0.2) is 22.4 Å². The lowest BCUT2D eigenvalue weighted by Crippen LogP contribution is -2.33. The molecule has 32 heavy (non-hydrogen) atoms. The monoisotopic (exact) mass is 459 g/mol. The van der Waals surface area contributed by atoms with Crippen molar-refractivity contribution in [2.75, 3.05) is 19.0 Å². The van der Waals surface area contributed by atoms with Gasteiger partial charge in [0.1, 0.15) is 5.76 Å². The molecule has 4 N–H and O–H groups in total. The number of aryl methyl sites for hydroxylation is 1. The Labute approximate surface area is 186 Å². The number of phenols is 1. The topological polar surface area (TPSA) is 151 Å². The van der Waals surface area contributed by atoms with Crippen LogP contribution >= 0.6 is 11.3 Å². The van der Waals surface area contributed by atoms with Gasteiger partial charge in [0, 0.05) is 24.1 Å². The van der Waals surface area contributed by atoms with Crippen LogP contribution in [0, 0.1) is 6.92 Å². The first-order valence-corrected chi connectivity index (χ1v) is 10.3. The normalized spacial score (nSPS) is 11.6. The number of benzene rings is 1. The molecule has 2 aromatic heterocycles. The molecule has 0 saturated heterocycles. The lowest BCUT2D eigenvalue weighted by atomic mass is 9.91. The average molecular weight is 459 g/mol. The molecule has 1 atom stereocenters. The molecular weight excluding hydrogens is 438 g/mol. The number of hydrogen-bond donors (Lipinski definition) is 4. The SMILES string of the molecule is COc1cc([C@H](CC(=O)NCC(=O)Nc2nccs2)c2oc(C)cc(=O)c2O)ccc1O. The Kier molecular flexibility index (Phi) is 7.11. The maximum atomic E-state index is 12.6. The number of aromatic nitrogens is 1. The van der Waals surface area contributed by atoms with E-state index in [0.717, 1.165) is 6.07 Å². The van der Waals surface area contributed by atoms with Crippen LogP contribution in [0.2, 0.25) is 0 Å². The smallest absolute Gasteiger partial charge is 0.245 e. The van der Waals surface area contributed by atoms with Crippen LogP contribution in [-0.4, -0.2) is 40.7 Å². The van der Waals surface area contributed by atoms with Gasteiger partial charge in [-0.3, -0.25) is 14.4 Å². The number of carbonyl (C=O) groups excluding carboxylic acids is 2. The number of methoxy groups -OCH3 is 1. The molecule has 1 aromatic carbocycles. The Bertz CT molecular complexity index is 1170. The summed E-state index contributed by atoms with van der Waals surface area (Å²) >= 11 is 1.24. The van der Waals surface area contributed by atoms with Gasteiger partial charge in [0.2, 0.25) is 23.0 Å². The zero-order valence-electron chi connectivity index (χ0n) is 17.2. The maximum absolute atomic E-state index is 12.6.